The Bertz CT molecular complexity index is 1430. The second kappa shape index (κ2) is 6.70. The number of aryl methyl sites for hydroxylation is 2. The Balaban J connectivity index is 1.74. The lowest BCUT2D eigenvalue weighted by Crippen LogP contribution is -2.12. The number of fused-ring (bicyclic) bond motifs is 3. The van der Waals surface area contributed by atoms with E-state index in [-0.39, 0.29) is 11.0 Å². The van der Waals surface area contributed by atoms with Crippen molar-refractivity contribution < 1.29 is 9.90 Å². The summed E-state index contributed by atoms with van der Waals surface area (Å²) >= 11 is 0. The fraction of sp³-hybridized carbons (Fsp3) is 0.207. The van der Waals surface area contributed by atoms with Crippen molar-refractivity contribution in [2.24, 2.45) is 0 Å². The third-order valence-electron chi connectivity index (χ3n) is 6.72. The van der Waals surface area contributed by atoms with Crippen molar-refractivity contribution in [1.29, 1.82) is 0 Å². The second-order valence-electron chi connectivity index (χ2n) is 9.91. The van der Waals surface area contributed by atoms with E-state index >= 15 is 0 Å². The van der Waals surface area contributed by atoms with Crippen molar-refractivity contribution in [1.82, 2.24) is 0 Å². The maximum absolute atomic E-state index is 11.8. The molecule has 0 spiro atoms. The Hall–Kier alpha value is -3.59. The molecule has 160 valence electrons. The molecule has 0 unspecified atom stereocenters. The Morgan fingerprint density at radius 3 is 2.16 bits per heavy atom. The van der Waals surface area contributed by atoms with Gasteiger partial charge in [-0.25, -0.2) is 4.79 Å². The van der Waals surface area contributed by atoms with Gasteiger partial charge in [-0.2, -0.15) is 0 Å². The van der Waals surface area contributed by atoms with Gasteiger partial charge in [0.1, 0.15) is 0 Å². The lowest BCUT2D eigenvalue weighted by atomic mass is 9.82. The van der Waals surface area contributed by atoms with Crippen LogP contribution in [0.15, 0.2) is 54.6 Å². The summed E-state index contributed by atoms with van der Waals surface area (Å²) in [5.41, 5.74) is 17.4. The van der Waals surface area contributed by atoms with Crippen molar-refractivity contribution in [3.8, 4) is 33.4 Å². The highest BCUT2D eigenvalue weighted by Gasteiger charge is 2.26. The van der Waals surface area contributed by atoms with Crippen molar-refractivity contribution in [2.75, 3.05) is 5.73 Å². The predicted octanol–water partition coefficient (Wildman–Crippen LogP) is 7.35. The van der Waals surface area contributed by atoms with Crippen LogP contribution in [-0.4, -0.2) is 11.1 Å². The van der Waals surface area contributed by atoms with E-state index in [4.69, 9.17) is 5.73 Å². The summed E-state index contributed by atoms with van der Waals surface area (Å²) in [6.07, 6.45) is 0. The van der Waals surface area contributed by atoms with Crippen molar-refractivity contribution in [2.45, 2.75) is 40.0 Å². The molecule has 0 atom stereocenters. The number of hydrogen-bond acceptors (Lipinski definition) is 2. The van der Waals surface area contributed by atoms with E-state index in [0.717, 1.165) is 33.0 Å². The summed E-state index contributed by atoms with van der Waals surface area (Å²) in [5.74, 6) is -0.999. The van der Waals surface area contributed by atoms with Crippen LogP contribution in [0, 0.1) is 13.8 Å². The quantitative estimate of drug-likeness (QED) is 0.293. The highest BCUT2D eigenvalue weighted by atomic mass is 16.4. The van der Waals surface area contributed by atoms with Crippen LogP contribution in [0.5, 0.6) is 0 Å². The zero-order valence-corrected chi connectivity index (χ0v) is 19.1. The van der Waals surface area contributed by atoms with Gasteiger partial charge in [0.25, 0.3) is 0 Å². The average molecular weight is 422 g/mol. The summed E-state index contributed by atoms with van der Waals surface area (Å²) < 4.78 is 0. The summed E-state index contributed by atoms with van der Waals surface area (Å²) in [5, 5.41) is 11.5. The van der Waals surface area contributed by atoms with Gasteiger partial charge in [-0.3, -0.25) is 0 Å². The van der Waals surface area contributed by atoms with E-state index in [2.05, 4.69) is 71.0 Å². The molecule has 0 aromatic heterocycles. The first-order valence-corrected chi connectivity index (χ1v) is 10.9. The Morgan fingerprint density at radius 1 is 0.844 bits per heavy atom. The van der Waals surface area contributed by atoms with Gasteiger partial charge in [0, 0.05) is 5.39 Å². The molecule has 1 aliphatic rings. The molecule has 0 heterocycles. The standard InChI is InChI=1S/C29H27NO2/c1-15-11-18(29(3,4)5)12-16(2)25(15)17-9-10-19-22(13-17)20-7-6-8-21-26(20)23(19)14-24(27(21)30)28(31)32/h6-14H,30H2,1-5H3,(H,31,32). The monoisotopic (exact) mass is 421 g/mol. The van der Waals surface area contributed by atoms with Gasteiger partial charge in [-0.1, -0.05) is 63.2 Å². The molecule has 4 aromatic rings. The molecule has 32 heavy (non-hydrogen) atoms. The fourth-order valence-electron chi connectivity index (χ4n) is 5.13. The molecule has 4 aromatic carbocycles. The predicted molar refractivity (Wildman–Crippen MR) is 133 cm³/mol. The minimum absolute atomic E-state index is 0.102. The van der Waals surface area contributed by atoms with Crippen molar-refractivity contribution >= 4 is 22.4 Å². The Labute approximate surface area is 188 Å². The molecule has 5 rings (SSSR count). The number of nitrogens with two attached hydrogens (primary N) is 1. The number of rotatable bonds is 2. The lowest BCUT2D eigenvalue weighted by Gasteiger charge is -2.22. The van der Waals surface area contributed by atoms with Crippen LogP contribution in [0.1, 0.15) is 47.8 Å². The maximum Gasteiger partial charge on any atom is 0.337 e. The highest BCUT2D eigenvalue weighted by molar-refractivity contribution is 6.21. The number of hydrogen-bond donors (Lipinski definition) is 2. The summed E-state index contributed by atoms with van der Waals surface area (Å²) in [7, 11) is 0. The molecule has 3 nitrogen and oxygen atoms in total. The number of carboxylic acid groups (broad SMARTS) is 1. The number of benzene rings is 4. The molecule has 0 bridgehead atoms. The van der Waals surface area contributed by atoms with Gasteiger partial charge in [0.15, 0.2) is 0 Å². The molecule has 3 N–H and O–H groups in total. The minimum atomic E-state index is -0.999. The van der Waals surface area contributed by atoms with E-state index in [1.807, 2.05) is 12.1 Å². The highest BCUT2D eigenvalue weighted by Crippen LogP contribution is 2.50. The SMILES string of the molecule is Cc1cc(C(C)(C)C)cc(C)c1-c1ccc2c(c1)-c1cccc3c(N)c(C(=O)O)cc-2c13. The zero-order chi connectivity index (χ0) is 22.9. The van der Waals surface area contributed by atoms with Gasteiger partial charge in [0.05, 0.1) is 11.3 Å². The zero-order valence-electron chi connectivity index (χ0n) is 19.1. The Morgan fingerprint density at radius 2 is 1.53 bits per heavy atom. The maximum atomic E-state index is 11.8. The summed E-state index contributed by atoms with van der Waals surface area (Å²) in [6, 6.07) is 18.8. The van der Waals surface area contributed by atoms with Gasteiger partial charge in [-0.15, -0.1) is 0 Å². The van der Waals surface area contributed by atoms with Crippen LogP contribution in [0.2, 0.25) is 0 Å². The number of aromatic carboxylic acids is 1. The normalized spacial score (nSPS) is 12.3. The third kappa shape index (κ3) is 2.85. The average Bonchev–Trinajstić information content (AvgIpc) is 3.03. The molecule has 0 aliphatic heterocycles. The first-order chi connectivity index (χ1) is 15.1. The number of nitrogen functional groups attached to an aromatic ring is 1. The molecular formula is C29H27NO2. The first kappa shape index (κ1) is 20.3. The molecule has 1 aliphatic carbocycles. The van der Waals surface area contributed by atoms with E-state index in [1.54, 1.807) is 6.07 Å². The van der Waals surface area contributed by atoms with Crippen LogP contribution in [0.4, 0.5) is 5.69 Å². The van der Waals surface area contributed by atoms with E-state index in [1.165, 1.54) is 27.8 Å². The molecule has 0 amide bonds. The van der Waals surface area contributed by atoms with E-state index in [9.17, 15) is 9.90 Å². The topological polar surface area (TPSA) is 63.3 Å². The van der Waals surface area contributed by atoms with E-state index < -0.39 is 5.97 Å². The molecule has 0 fully saturated rings. The fourth-order valence-corrected chi connectivity index (χ4v) is 5.13. The largest absolute Gasteiger partial charge is 0.478 e. The molecule has 0 saturated carbocycles. The van der Waals surface area contributed by atoms with Gasteiger partial charge < -0.3 is 10.8 Å². The van der Waals surface area contributed by atoms with Crippen LogP contribution >= 0.6 is 0 Å². The number of carbonyl (C=O) groups is 1. The summed E-state index contributed by atoms with van der Waals surface area (Å²) in [4.78, 5) is 11.8. The third-order valence-corrected chi connectivity index (χ3v) is 6.72. The van der Waals surface area contributed by atoms with Crippen molar-refractivity contribution in [3.63, 3.8) is 0 Å². The summed E-state index contributed by atoms with van der Waals surface area (Å²) in [6.45, 7) is 11.1. The van der Waals surface area contributed by atoms with Crippen LogP contribution in [0.3, 0.4) is 0 Å². The van der Waals surface area contributed by atoms with Crippen molar-refractivity contribution in [3.05, 3.63) is 76.9 Å². The van der Waals surface area contributed by atoms with Crippen LogP contribution < -0.4 is 5.73 Å². The minimum Gasteiger partial charge on any atom is -0.478 e. The second-order valence-corrected chi connectivity index (χ2v) is 9.91. The van der Waals surface area contributed by atoms with Crippen LogP contribution in [0.25, 0.3) is 44.2 Å². The number of carboxylic acids is 1. The smallest absolute Gasteiger partial charge is 0.337 e. The lowest BCUT2D eigenvalue weighted by molar-refractivity contribution is 0.0698. The van der Waals surface area contributed by atoms with Gasteiger partial charge in [-0.05, 0) is 86.9 Å². The van der Waals surface area contributed by atoms with Gasteiger partial charge >= 0.3 is 5.97 Å². The van der Waals surface area contributed by atoms with Crippen LogP contribution in [-0.2, 0) is 5.41 Å². The van der Waals surface area contributed by atoms with E-state index in [0.29, 0.717) is 5.69 Å². The Kier molecular flexibility index (Phi) is 4.26. The van der Waals surface area contributed by atoms with Gasteiger partial charge in [0.2, 0.25) is 0 Å². The molecule has 0 radical (unpaired) electrons. The first-order valence-electron chi connectivity index (χ1n) is 10.9. The number of anilines is 1. The molecular weight excluding hydrogens is 394 g/mol. The molecule has 3 heteroatoms. The molecule has 0 saturated heterocycles.